The standard InChI is InChI=1S/C16H17F3/c1-2-3-4-5-6-7-8-13-9-11-14(12-10-13)15(17)16(18)19/h9-12H,2-6H2,1H3. The van der Waals surface area contributed by atoms with Crippen molar-refractivity contribution in [1.29, 1.82) is 0 Å². The van der Waals surface area contributed by atoms with Gasteiger partial charge in [-0.1, -0.05) is 50.2 Å². The van der Waals surface area contributed by atoms with Crippen LogP contribution in [0.15, 0.2) is 30.3 Å². The molecule has 0 saturated carbocycles. The van der Waals surface area contributed by atoms with E-state index in [1.807, 2.05) is 0 Å². The van der Waals surface area contributed by atoms with Gasteiger partial charge in [0.15, 0.2) is 5.83 Å². The third-order valence-corrected chi connectivity index (χ3v) is 2.69. The lowest BCUT2D eigenvalue weighted by atomic mass is 10.1. The first-order valence-electron chi connectivity index (χ1n) is 6.45. The first kappa shape index (κ1) is 15.4. The molecule has 0 heterocycles. The quantitative estimate of drug-likeness (QED) is 0.484. The van der Waals surface area contributed by atoms with Crippen LogP contribution in [-0.2, 0) is 0 Å². The predicted molar refractivity (Wildman–Crippen MR) is 72.3 cm³/mol. The van der Waals surface area contributed by atoms with E-state index in [1.165, 1.54) is 31.4 Å². The largest absolute Gasteiger partial charge is 0.306 e. The third kappa shape index (κ3) is 5.65. The fraction of sp³-hybridized carbons (Fsp3) is 0.375. The molecule has 0 aromatic heterocycles. The van der Waals surface area contributed by atoms with Crippen molar-refractivity contribution in [3.05, 3.63) is 41.5 Å². The molecule has 19 heavy (non-hydrogen) atoms. The van der Waals surface area contributed by atoms with E-state index in [2.05, 4.69) is 18.8 Å². The van der Waals surface area contributed by atoms with Crippen LogP contribution >= 0.6 is 0 Å². The third-order valence-electron chi connectivity index (χ3n) is 2.69. The SMILES string of the molecule is CCCCCCC#Cc1ccc(C(F)=C(F)F)cc1. The molecule has 0 atom stereocenters. The molecule has 0 N–H and O–H groups in total. The Morgan fingerprint density at radius 1 is 1.00 bits per heavy atom. The minimum absolute atomic E-state index is 0.117. The van der Waals surface area contributed by atoms with E-state index in [0.717, 1.165) is 12.8 Å². The van der Waals surface area contributed by atoms with E-state index in [4.69, 9.17) is 0 Å². The van der Waals surface area contributed by atoms with Gasteiger partial charge in [-0.3, -0.25) is 0 Å². The van der Waals surface area contributed by atoms with E-state index in [9.17, 15) is 13.2 Å². The molecule has 3 heteroatoms. The van der Waals surface area contributed by atoms with Crippen molar-refractivity contribution in [2.75, 3.05) is 0 Å². The van der Waals surface area contributed by atoms with Crippen molar-refractivity contribution in [3.8, 4) is 11.8 Å². The van der Waals surface area contributed by atoms with Crippen molar-refractivity contribution < 1.29 is 13.2 Å². The summed E-state index contributed by atoms with van der Waals surface area (Å²) in [4.78, 5) is 0. The average molecular weight is 266 g/mol. The first-order valence-corrected chi connectivity index (χ1v) is 6.45. The molecule has 0 aliphatic carbocycles. The molecule has 0 saturated heterocycles. The summed E-state index contributed by atoms with van der Waals surface area (Å²) in [6, 6.07) is 5.74. The molecule has 0 radical (unpaired) electrons. The summed E-state index contributed by atoms with van der Waals surface area (Å²) in [5, 5.41) is 0. The van der Waals surface area contributed by atoms with E-state index in [-0.39, 0.29) is 5.56 Å². The van der Waals surface area contributed by atoms with Gasteiger partial charge in [-0.15, -0.1) is 0 Å². The maximum atomic E-state index is 12.9. The molecule has 0 spiro atoms. The zero-order chi connectivity index (χ0) is 14.1. The number of unbranched alkanes of at least 4 members (excludes halogenated alkanes) is 4. The van der Waals surface area contributed by atoms with Gasteiger partial charge in [0.05, 0.1) is 0 Å². The molecule has 102 valence electrons. The van der Waals surface area contributed by atoms with Crippen LogP contribution in [0.4, 0.5) is 13.2 Å². The maximum Gasteiger partial charge on any atom is 0.306 e. The average Bonchev–Trinajstić information content (AvgIpc) is 2.42. The Bertz CT molecular complexity index is 471. The van der Waals surface area contributed by atoms with Crippen molar-refractivity contribution in [1.82, 2.24) is 0 Å². The molecule has 0 amide bonds. The summed E-state index contributed by atoms with van der Waals surface area (Å²) < 4.78 is 37.0. The van der Waals surface area contributed by atoms with Gasteiger partial charge in [-0.25, -0.2) is 4.39 Å². The van der Waals surface area contributed by atoms with Crippen LogP contribution in [0.5, 0.6) is 0 Å². The second-order valence-electron chi connectivity index (χ2n) is 4.26. The smallest absolute Gasteiger partial charge is 0.200 e. The van der Waals surface area contributed by atoms with Crippen LogP contribution in [-0.4, -0.2) is 0 Å². The highest BCUT2D eigenvalue weighted by molar-refractivity contribution is 5.60. The topological polar surface area (TPSA) is 0 Å². The maximum absolute atomic E-state index is 12.9. The molecule has 1 rings (SSSR count). The predicted octanol–water partition coefficient (Wildman–Crippen LogP) is 5.54. The molecule has 0 nitrogen and oxygen atoms in total. The van der Waals surface area contributed by atoms with Crippen LogP contribution in [0.25, 0.3) is 5.83 Å². The Morgan fingerprint density at radius 2 is 1.68 bits per heavy atom. The molecule has 0 fully saturated rings. The Hall–Kier alpha value is -1.69. The van der Waals surface area contributed by atoms with Crippen LogP contribution in [0.3, 0.4) is 0 Å². The van der Waals surface area contributed by atoms with Crippen LogP contribution in [0.2, 0.25) is 0 Å². The zero-order valence-corrected chi connectivity index (χ0v) is 11.0. The van der Waals surface area contributed by atoms with E-state index < -0.39 is 11.9 Å². The molecule has 0 aliphatic rings. The lowest BCUT2D eigenvalue weighted by Gasteiger charge is -1.97. The molecular formula is C16H17F3. The zero-order valence-electron chi connectivity index (χ0n) is 11.0. The van der Waals surface area contributed by atoms with Crippen LogP contribution in [0, 0.1) is 11.8 Å². The molecule has 0 bridgehead atoms. The van der Waals surface area contributed by atoms with E-state index in [1.54, 1.807) is 12.1 Å². The van der Waals surface area contributed by atoms with Crippen molar-refractivity contribution in [2.24, 2.45) is 0 Å². The van der Waals surface area contributed by atoms with Gasteiger partial charge in [-0.2, -0.15) is 8.78 Å². The van der Waals surface area contributed by atoms with Gasteiger partial charge in [-0.05, 0) is 18.6 Å². The van der Waals surface area contributed by atoms with Gasteiger partial charge in [0, 0.05) is 17.5 Å². The fourth-order valence-electron chi connectivity index (χ4n) is 1.61. The van der Waals surface area contributed by atoms with E-state index in [0.29, 0.717) is 5.56 Å². The minimum atomic E-state index is -2.30. The number of hydrogen-bond acceptors (Lipinski definition) is 0. The first-order chi connectivity index (χ1) is 9.15. The monoisotopic (exact) mass is 266 g/mol. The minimum Gasteiger partial charge on any atom is -0.200 e. The molecular weight excluding hydrogens is 249 g/mol. The Balaban J connectivity index is 2.54. The number of benzene rings is 1. The molecule has 1 aromatic carbocycles. The van der Waals surface area contributed by atoms with Gasteiger partial charge < -0.3 is 0 Å². The fourth-order valence-corrected chi connectivity index (χ4v) is 1.61. The van der Waals surface area contributed by atoms with Gasteiger partial charge in [0.1, 0.15) is 0 Å². The number of halogens is 3. The number of rotatable bonds is 5. The second-order valence-corrected chi connectivity index (χ2v) is 4.26. The lowest BCUT2D eigenvalue weighted by molar-refractivity contribution is 0.410. The molecule has 1 aromatic rings. The second kappa shape index (κ2) is 8.42. The summed E-state index contributed by atoms with van der Waals surface area (Å²) in [6.45, 7) is 2.15. The highest BCUT2D eigenvalue weighted by atomic mass is 19.3. The summed E-state index contributed by atoms with van der Waals surface area (Å²) in [6.07, 6.45) is 3.19. The van der Waals surface area contributed by atoms with Gasteiger partial charge in [0.25, 0.3) is 0 Å². The summed E-state index contributed by atoms with van der Waals surface area (Å²) >= 11 is 0. The van der Waals surface area contributed by atoms with Crippen LogP contribution < -0.4 is 0 Å². The normalized spacial score (nSPS) is 9.68. The van der Waals surface area contributed by atoms with Gasteiger partial charge >= 0.3 is 6.08 Å². The van der Waals surface area contributed by atoms with Crippen molar-refractivity contribution in [3.63, 3.8) is 0 Å². The van der Waals surface area contributed by atoms with Crippen molar-refractivity contribution >= 4 is 5.83 Å². The van der Waals surface area contributed by atoms with Crippen molar-refractivity contribution in [2.45, 2.75) is 39.0 Å². The van der Waals surface area contributed by atoms with E-state index >= 15 is 0 Å². The Labute approximate surface area is 112 Å². The molecule has 0 unspecified atom stereocenters. The van der Waals surface area contributed by atoms with Crippen LogP contribution in [0.1, 0.15) is 50.2 Å². The summed E-state index contributed by atoms with van der Waals surface area (Å²) in [7, 11) is 0. The number of hydrogen-bond donors (Lipinski definition) is 0. The molecule has 0 aliphatic heterocycles. The highest BCUT2D eigenvalue weighted by Crippen LogP contribution is 2.22. The Morgan fingerprint density at radius 3 is 2.26 bits per heavy atom. The summed E-state index contributed by atoms with van der Waals surface area (Å²) in [5.74, 6) is 4.50. The highest BCUT2D eigenvalue weighted by Gasteiger charge is 2.07. The summed E-state index contributed by atoms with van der Waals surface area (Å²) in [5.41, 5.74) is 0.597. The lowest BCUT2D eigenvalue weighted by Crippen LogP contribution is -1.81. The Kier molecular flexibility index (Phi) is 6.81. The van der Waals surface area contributed by atoms with Gasteiger partial charge in [0.2, 0.25) is 0 Å².